The smallest absolute Gasteiger partial charge is 0.457 e. The summed E-state index contributed by atoms with van der Waals surface area (Å²) in [6.45, 7) is 4.23. The number of rotatable bonds is 35. The SMILES string of the molecule is CCCCCCCCCCCCCCCCCCCOCC(COP(=O)(O)OC1C(O)C(O)C(O)C(O)C1O)OC(=O)CCCCCCCCCC. The molecule has 52 heavy (non-hydrogen) atoms. The maximum Gasteiger partial charge on any atom is 0.472 e. The van der Waals surface area contributed by atoms with Crippen LogP contribution in [-0.2, 0) is 27.9 Å². The van der Waals surface area contributed by atoms with Gasteiger partial charge in [-0.15, -0.1) is 0 Å². The van der Waals surface area contributed by atoms with E-state index in [-0.39, 0.29) is 13.0 Å². The first-order valence-electron chi connectivity index (χ1n) is 20.9. The van der Waals surface area contributed by atoms with Crippen LogP contribution in [0.5, 0.6) is 0 Å². The Morgan fingerprint density at radius 3 is 1.33 bits per heavy atom. The lowest BCUT2D eigenvalue weighted by Gasteiger charge is -2.41. The summed E-state index contributed by atoms with van der Waals surface area (Å²) in [5.74, 6) is -0.479. The summed E-state index contributed by atoms with van der Waals surface area (Å²) in [5.41, 5.74) is 0. The Balaban J connectivity index is 2.37. The summed E-state index contributed by atoms with van der Waals surface area (Å²) in [6.07, 6.45) is 17.7. The minimum Gasteiger partial charge on any atom is -0.457 e. The second-order valence-electron chi connectivity index (χ2n) is 14.9. The number of unbranched alkanes of at least 4 members (excludes halogenated alkanes) is 23. The first-order chi connectivity index (χ1) is 25.0. The van der Waals surface area contributed by atoms with Crippen molar-refractivity contribution in [2.75, 3.05) is 19.8 Å². The van der Waals surface area contributed by atoms with E-state index in [1.54, 1.807) is 0 Å². The highest BCUT2D eigenvalue weighted by Crippen LogP contribution is 2.47. The van der Waals surface area contributed by atoms with Gasteiger partial charge in [-0.25, -0.2) is 4.57 Å². The van der Waals surface area contributed by atoms with E-state index in [1.165, 1.54) is 116 Å². The molecule has 0 aromatic rings. The fourth-order valence-corrected chi connectivity index (χ4v) is 7.56. The third kappa shape index (κ3) is 24.0. The molecule has 1 rings (SSSR count). The standard InChI is InChI=1S/C39H77O12P/c1-3-5-7-9-11-13-14-15-16-17-18-19-20-21-23-25-27-29-48-30-32(50-33(40)28-26-24-22-12-10-8-6-4-2)31-49-52(46,47)51-39-37(44)35(42)34(41)36(43)38(39)45/h32,34-39,41-45H,3-31H2,1-2H3,(H,46,47). The molecule has 1 fully saturated rings. The number of ether oxygens (including phenoxy) is 2. The molecule has 0 amide bonds. The molecule has 0 aromatic heterocycles. The van der Waals surface area contributed by atoms with Gasteiger partial charge < -0.3 is 39.9 Å². The highest BCUT2D eigenvalue weighted by atomic mass is 31.2. The molecule has 1 aliphatic rings. The third-order valence-electron chi connectivity index (χ3n) is 9.98. The zero-order chi connectivity index (χ0) is 38.5. The molecule has 6 atom stereocenters. The van der Waals surface area contributed by atoms with Crippen LogP contribution in [0.3, 0.4) is 0 Å². The van der Waals surface area contributed by atoms with Crippen LogP contribution in [0.25, 0.3) is 0 Å². The van der Waals surface area contributed by atoms with Gasteiger partial charge in [0, 0.05) is 13.0 Å². The van der Waals surface area contributed by atoms with Crippen LogP contribution in [0, 0.1) is 0 Å². The van der Waals surface area contributed by atoms with E-state index in [9.17, 15) is 39.8 Å². The highest BCUT2D eigenvalue weighted by Gasteiger charge is 2.51. The zero-order valence-electron chi connectivity index (χ0n) is 32.6. The van der Waals surface area contributed by atoms with Crippen molar-refractivity contribution >= 4 is 13.8 Å². The predicted octanol–water partition coefficient (Wildman–Crippen LogP) is 7.42. The van der Waals surface area contributed by atoms with E-state index in [4.69, 9.17) is 18.5 Å². The molecule has 6 unspecified atom stereocenters. The van der Waals surface area contributed by atoms with Crippen molar-refractivity contribution in [1.82, 2.24) is 0 Å². The van der Waals surface area contributed by atoms with Crippen molar-refractivity contribution in [3.63, 3.8) is 0 Å². The third-order valence-corrected chi connectivity index (χ3v) is 11.0. The molecule has 0 aromatic carbocycles. The zero-order valence-corrected chi connectivity index (χ0v) is 33.5. The second kappa shape index (κ2) is 31.5. The van der Waals surface area contributed by atoms with Gasteiger partial charge in [0.1, 0.15) is 42.7 Å². The van der Waals surface area contributed by atoms with Gasteiger partial charge in [0.15, 0.2) is 0 Å². The van der Waals surface area contributed by atoms with Crippen molar-refractivity contribution in [3.8, 4) is 0 Å². The van der Waals surface area contributed by atoms with Gasteiger partial charge in [-0.3, -0.25) is 13.8 Å². The summed E-state index contributed by atoms with van der Waals surface area (Å²) in [6, 6.07) is 0. The Morgan fingerprint density at radius 1 is 0.538 bits per heavy atom. The minimum absolute atomic E-state index is 0.0691. The van der Waals surface area contributed by atoms with Crippen LogP contribution in [0.15, 0.2) is 0 Å². The second-order valence-corrected chi connectivity index (χ2v) is 16.3. The van der Waals surface area contributed by atoms with E-state index >= 15 is 0 Å². The highest BCUT2D eigenvalue weighted by molar-refractivity contribution is 7.47. The van der Waals surface area contributed by atoms with Crippen LogP contribution in [-0.4, -0.2) is 98.9 Å². The summed E-state index contributed by atoms with van der Waals surface area (Å²) in [7, 11) is -5.00. The lowest BCUT2D eigenvalue weighted by atomic mass is 9.85. The van der Waals surface area contributed by atoms with Gasteiger partial charge in [0.25, 0.3) is 0 Å². The molecule has 0 radical (unpaired) electrons. The van der Waals surface area contributed by atoms with Gasteiger partial charge in [-0.1, -0.05) is 162 Å². The fourth-order valence-electron chi connectivity index (χ4n) is 6.59. The molecule has 6 N–H and O–H groups in total. The molecule has 1 aliphatic carbocycles. The van der Waals surface area contributed by atoms with Crippen LogP contribution in [0.1, 0.15) is 181 Å². The first kappa shape index (κ1) is 49.4. The van der Waals surface area contributed by atoms with E-state index in [0.717, 1.165) is 38.5 Å². The quantitative estimate of drug-likeness (QED) is 0.0213. The largest absolute Gasteiger partial charge is 0.472 e. The summed E-state index contributed by atoms with van der Waals surface area (Å²) < 4.78 is 34.0. The molecule has 13 heteroatoms. The number of carbonyl (C=O) groups excluding carboxylic acids is 1. The predicted molar refractivity (Wildman–Crippen MR) is 203 cm³/mol. The number of aliphatic hydroxyl groups excluding tert-OH is 5. The molecule has 12 nitrogen and oxygen atoms in total. The van der Waals surface area contributed by atoms with Crippen LogP contribution in [0.4, 0.5) is 0 Å². The van der Waals surface area contributed by atoms with E-state index in [0.29, 0.717) is 13.0 Å². The van der Waals surface area contributed by atoms with Crippen LogP contribution < -0.4 is 0 Å². The summed E-state index contributed by atoms with van der Waals surface area (Å²) in [5, 5.41) is 49.9. The number of aliphatic hydroxyl groups is 5. The molecule has 0 heterocycles. The van der Waals surface area contributed by atoms with Gasteiger partial charge in [0.2, 0.25) is 0 Å². The first-order valence-corrected chi connectivity index (χ1v) is 22.4. The maximum atomic E-state index is 12.7. The van der Waals surface area contributed by atoms with Gasteiger partial charge in [0.05, 0.1) is 13.2 Å². The Kier molecular flexibility index (Phi) is 29.9. The van der Waals surface area contributed by atoms with Crippen LogP contribution in [0.2, 0.25) is 0 Å². The summed E-state index contributed by atoms with van der Waals surface area (Å²) in [4.78, 5) is 22.9. The summed E-state index contributed by atoms with van der Waals surface area (Å²) >= 11 is 0. The minimum atomic E-state index is -5.00. The van der Waals surface area contributed by atoms with Crippen molar-refractivity contribution in [2.24, 2.45) is 0 Å². The van der Waals surface area contributed by atoms with Crippen molar-refractivity contribution in [3.05, 3.63) is 0 Å². The molecule has 1 saturated carbocycles. The number of phosphoric ester groups is 1. The van der Waals surface area contributed by atoms with Gasteiger partial charge >= 0.3 is 13.8 Å². The van der Waals surface area contributed by atoms with E-state index in [1.807, 2.05) is 0 Å². The normalized spacial score (nSPS) is 23.8. The lowest BCUT2D eigenvalue weighted by Crippen LogP contribution is -2.64. The molecule has 0 saturated heterocycles. The van der Waals surface area contributed by atoms with Crippen molar-refractivity contribution < 1.29 is 58.3 Å². The van der Waals surface area contributed by atoms with Crippen molar-refractivity contribution in [2.45, 2.75) is 224 Å². The molecular formula is C39H77O12P. The number of phosphoric acid groups is 1. The fraction of sp³-hybridized carbons (Fsp3) is 0.974. The van der Waals surface area contributed by atoms with Gasteiger partial charge in [-0.05, 0) is 12.8 Å². The number of esters is 1. The van der Waals surface area contributed by atoms with E-state index < -0.39 is 63.1 Å². The molecule has 0 bridgehead atoms. The Bertz CT molecular complexity index is 879. The molecular weight excluding hydrogens is 691 g/mol. The Morgan fingerprint density at radius 2 is 0.904 bits per heavy atom. The molecule has 0 spiro atoms. The molecule has 310 valence electrons. The number of hydrogen-bond acceptors (Lipinski definition) is 11. The van der Waals surface area contributed by atoms with Gasteiger partial charge in [-0.2, -0.15) is 0 Å². The van der Waals surface area contributed by atoms with Crippen molar-refractivity contribution in [1.29, 1.82) is 0 Å². The average Bonchev–Trinajstić information content (AvgIpc) is 3.12. The monoisotopic (exact) mass is 769 g/mol. The average molecular weight is 769 g/mol. The topological polar surface area (TPSA) is 192 Å². The van der Waals surface area contributed by atoms with Crippen LogP contribution >= 0.6 is 7.82 Å². The Labute approximate surface area is 315 Å². The number of hydrogen-bond donors (Lipinski definition) is 6. The number of carbonyl (C=O) groups is 1. The maximum absolute atomic E-state index is 12.7. The Hall–Kier alpha value is -0.660. The lowest BCUT2D eigenvalue weighted by molar-refractivity contribution is -0.220. The van der Waals surface area contributed by atoms with E-state index in [2.05, 4.69) is 13.8 Å². The molecule has 0 aliphatic heterocycles.